The molecular formula is C9H12ClN3S. The van der Waals surface area contributed by atoms with Gasteiger partial charge in [0, 0.05) is 19.2 Å². The quantitative estimate of drug-likeness (QED) is 0.804. The molecule has 0 unspecified atom stereocenters. The maximum atomic E-state index is 5.78. The Hall–Kier alpha value is -0.610. The third kappa shape index (κ3) is 2.25. The van der Waals surface area contributed by atoms with Crippen molar-refractivity contribution in [3.8, 4) is 0 Å². The first kappa shape index (κ1) is 9.93. The Morgan fingerprint density at radius 3 is 2.86 bits per heavy atom. The molecule has 76 valence electrons. The Morgan fingerprint density at radius 2 is 2.43 bits per heavy atom. The fourth-order valence-electron chi connectivity index (χ4n) is 1.71. The van der Waals surface area contributed by atoms with Gasteiger partial charge >= 0.3 is 0 Å². The standard InChI is InChI=1S/C9H12ClN3S/c10-7-4-12-13(5-7)6-9(1-2-9)3-8(11)14/h4-5H,1-3,6H2,(H2,11,14). The highest BCUT2D eigenvalue weighted by molar-refractivity contribution is 7.80. The van der Waals surface area contributed by atoms with Crippen LogP contribution >= 0.6 is 23.8 Å². The zero-order valence-electron chi connectivity index (χ0n) is 7.74. The van der Waals surface area contributed by atoms with E-state index in [1.54, 1.807) is 6.20 Å². The largest absolute Gasteiger partial charge is 0.393 e. The molecule has 1 heterocycles. The summed E-state index contributed by atoms with van der Waals surface area (Å²) < 4.78 is 1.87. The molecule has 1 aliphatic rings. The number of halogens is 1. The summed E-state index contributed by atoms with van der Waals surface area (Å²) in [4.78, 5) is 0.598. The second-order valence-electron chi connectivity index (χ2n) is 4.00. The van der Waals surface area contributed by atoms with Gasteiger partial charge in [-0.05, 0) is 18.3 Å². The number of hydrogen-bond acceptors (Lipinski definition) is 2. The minimum atomic E-state index is 0.265. The van der Waals surface area contributed by atoms with E-state index in [-0.39, 0.29) is 5.41 Å². The van der Waals surface area contributed by atoms with Crippen molar-refractivity contribution < 1.29 is 0 Å². The highest BCUT2D eigenvalue weighted by Gasteiger charge is 2.43. The van der Waals surface area contributed by atoms with Gasteiger partial charge in [-0.3, -0.25) is 4.68 Å². The molecule has 0 bridgehead atoms. The number of nitrogens with zero attached hydrogens (tertiary/aromatic N) is 2. The Balaban J connectivity index is 2.00. The lowest BCUT2D eigenvalue weighted by Crippen LogP contribution is -2.20. The van der Waals surface area contributed by atoms with Gasteiger partial charge in [-0.25, -0.2) is 0 Å². The van der Waals surface area contributed by atoms with E-state index in [0.717, 1.165) is 13.0 Å². The van der Waals surface area contributed by atoms with Gasteiger partial charge in [-0.15, -0.1) is 0 Å². The summed E-state index contributed by atoms with van der Waals surface area (Å²) in [6.45, 7) is 0.872. The lowest BCUT2D eigenvalue weighted by molar-refractivity contribution is 0.411. The van der Waals surface area contributed by atoms with E-state index >= 15 is 0 Å². The molecule has 2 N–H and O–H groups in total. The average Bonchev–Trinajstić information content (AvgIpc) is 2.67. The molecule has 2 rings (SSSR count). The summed E-state index contributed by atoms with van der Waals surface area (Å²) in [7, 11) is 0. The fourth-order valence-corrected chi connectivity index (χ4v) is 2.17. The molecule has 1 saturated carbocycles. The minimum absolute atomic E-state index is 0.265. The second kappa shape index (κ2) is 3.51. The smallest absolute Gasteiger partial charge is 0.0785 e. The van der Waals surface area contributed by atoms with Crippen LogP contribution in [0.3, 0.4) is 0 Å². The molecule has 14 heavy (non-hydrogen) atoms. The summed E-state index contributed by atoms with van der Waals surface area (Å²) in [6, 6.07) is 0. The SMILES string of the molecule is NC(=S)CC1(Cn2cc(Cl)cn2)CC1. The van der Waals surface area contributed by atoms with E-state index in [0.29, 0.717) is 10.0 Å². The van der Waals surface area contributed by atoms with Crippen molar-refractivity contribution in [1.29, 1.82) is 0 Å². The lowest BCUT2D eigenvalue weighted by atomic mass is 10.0. The van der Waals surface area contributed by atoms with Gasteiger partial charge in [0.2, 0.25) is 0 Å². The molecule has 0 aromatic carbocycles. The predicted molar refractivity (Wildman–Crippen MR) is 60.3 cm³/mol. The van der Waals surface area contributed by atoms with Crippen LogP contribution < -0.4 is 5.73 Å². The molecule has 3 nitrogen and oxygen atoms in total. The highest BCUT2D eigenvalue weighted by Crippen LogP contribution is 2.50. The molecule has 0 atom stereocenters. The average molecular weight is 230 g/mol. The maximum absolute atomic E-state index is 5.78. The van der Waals surface area contributed by atoms with E-state index in [2.05, 4.69) is 5.10 Å². The van der Waals surface area contributed by atoms with Crippen molar-refractivity contribution in [2.24, 2.45) is 11.1 Å². The van der Waals surface area contributed by atoms with E-state index in [4.69, 9.17) is 29.6 Å². The third-order valence-electron chi connectivity index (χ3n) is 2.61. The lowest BCUT2D eigenvalue weighted by Gasteiger charge is -2.13. The summed E-state index contributed by atoms with van der Waals surface area (Å²) in [6.07, 6.45) is 6.67. The molecule has 1 aromatic rings. The van der Waals surface area contributed by atoms with Crippen LogP contribution in [0.2, 0.25) is 5.02 Å². The van der Waals surface area contributed by atoms with E-state index in [1.165, 1.54) is 12.8 Å². The summed E-state index contributed by atoms with van der Waals surface area (Å²) >= 11 is 10.7. The third-order valence-corrected chi connectivity index (χ3v) is 2.94. The Labute approximate surface area is 93.2 Å². The molecular weight excluding hydrogens is 218 g/mol. The number of aromatic nitrogens is 2. The van der Waals surface area contributed by atoms with E-state index < -0.39 is 0 Å². The first-order chi connectivity index (χ1) is 6.60. The molecule has 0 spiro atoms. The van der Waals surface area contributed by atoms with Crippen LogP contribution in [0, 0.1) is 5.41 Å². The van der Waals surface area contributed by atoms with E-state index in [1.807, 2.05) is 10.9 Å². The maximum Gasteiger partial charge on any atom is 0.0785 e. The molecule has 1 aliphatic carbocycles. The van der Waals surface area contributed by atoms with Crippen molar-refractivity contribution in [2.75, 3.05) is 0 Å². The van der Waals surface area contributed by atoms with Crippen molar-refractivity contribution >= 4 is 28.8 Å². The molecule has 0 radical (unpaired) electrons. The summed E-state index contributed by atoms with van der Waals surface area (Å²) in [5.41, 5.74) is 5.82. The Bertz CT molecular complexity index is 357. The minimum Gasteiger partial charge on any atom is -0.393 e. The predicted octanol–water partition coefficient (Wildman–Crippen LogP) is 1.99. The fraction of sp³-hybridized carbons (Fsp3) is 0.556. The van der Waals surface area contributed by atoms with Crippen molar-refractivity contribution in [3.05, 3.63) is 17.4 Å². The molecule has 0 aliphatic heterocycles. The Morgan fingerprint density at radius 1 is 1.71 bits per heavy atom. The summed E-state index contributed by atoms with van der Waals surface area (Å²) in [5.74, 6) is 0. The van der Waals surface area contributed by atoms with Gasteiger partial charge in [0.1, 0.15) is 0 Å². The van der Waals surface area contributed by atoms with Gasteiger partial charge in [-0.2, -0.15) is 5.10 Å². The molecule has 1 fully saturated rings. The molecule has 1 aromatic heterocycles. The second-order valence-corrected chi connectivity index (χ2v) is 4.96. The van der Waals surface area contributed by atoms with Crippen LogP contribution in [-0.2, 0) is 6.54 Å². The Kier molecular flexibility index (Phi) is 2.49. The number of nitrogens with two attached hydrogens (primary N) is 1. The molecule has 0 amide bonds. The number of hydrogen-bond donors (Lipinski definition) is 1. The first-order valence-electron chi connectivity index (χ1n) is 4.56. The van der Waals surface area contributed by atoms with E-state index in [9.17, 15) is 0 Å². The van der Waals surface area contributed by atoms with Gasteiger partial charge in [0.15, 0.2) is 0 Å². The van der Waals surface area contributed by atoms with Gasteiger partial charge < -0.3 is 5.73 Å². The normalized spacial score (nSPS) is 18.1. The van der Waals surface area contributed by atoms with Crippen molar-refractivity contribution in [2.45, 2.75) is 25.8 Å². The number of thiocarbonyl (C=S) groups is 1. The highest BCUT2D eigenvalue weighted by atomic mass is 35.5. The van der Waals surface area contributed by atoms with Crippen LogP contribution in [0.4, 0.5) is 0 Å². The van der Waals surface area contributed by atoms with Gasteiger partial charge in [-0.1, -0.05) is 23.8 Å². The molecule has 5 heteroatoms. The summed E-state index contributed by atoms with van der Waals surface area (Å²) in [5, 5.41) is 4.83. The molecule has 0 saturated heterocycles. The first-order valence-corrected chi connectivity index (χ1v) is 5.35. The van der Waals surface area contributed by atoms with Gasteiger partial charge in [0.25, 0.3) is 0 Å². The zero-order chi connectivity index (χ0) is 10.2. The number of rotatable bonds is 4. The van der Waals surface area contributed by atoms with Crippen LogP contribution in [-0.4, -0.2) is 14.8 Å². The monoisotopic (exact) mass is 229 g/mol. The van der Waals surface area contributed by atoms with Crippen molar-refractivity contribution in [1.82, 2.24) is 9.78 Å². The van der Waals surface area contributed by atoms with Crippen LogP contribution in [0.5, 0.6) is 0 Å². The topological polar surface area (TPSA) is 43.8 Å². The van der Waals surface area contributed by atoms with Crippen LogP contribution in [0.1, 0.15) is 19.3 Å². The zero-order valence-corrected chi connectivity index (χ0v) is 9.31. The van der Waals surface area contributed by atoms with Crippen LogP contribution in [0.25, 0.3) is 0 Å². The van der Waals surface area contributed by atoms with Crippen molar-refractivity contribution in [3.63, 3.8) is 0 Å². The van der Waals surface area contributed by atoms with Crippen LogP contribution in [0.15, 0.2) is 12.4 Å². The van der Waals surface area contributed by atoms with Gasteiger partial charge in [0.05, 0.1) is 16.2 Å².